The minimum Gasteiger partial charge on any atom is -0.481 e. The van der Waals surface area contributed by atoms with Crippen LogP contribution in [0.2, 0.25) is 5.02 Å². The van der Waals surface area contributed by atoms with E-state index in [1.165, 1.54) is 0 Å². The second-order valence-electron chi connectivity index (χ2n) is 7.40. The highest BCUT2D eigenvalue weighted by atomic mass is 35.5. The number of aliphatic carboxylic acids is 1. The molecule has 26 heavy (non-hydrogen) atoms. The van der Waals surface area contributed by atoms with E-state index in [0.29, 0.717) is 18.2 Å². The van der Waals surface area contributed by atoms with Gasteiger partial charge in [-0.05, 0) is 49.3 Å². The average molecular weight is 380 g/mol. The highest BCUT2D eigenvalue weighted by molar-refractivity contribution is 6.30. The van der Waals surface area contributed by atoms with Crippen molar-refractivity contribution in [3.8, 4) is 0 Å². The molecule has 1 aromatic carbocycles. The highest BCUT2D eigenvalue weighted by Crippen LogP contribution is 2.42. The normalized spacial score (nSPS) is 21.3. The molecule has 1 amide bonds. The molecule has 1 unspecified atom stereocenters. The molecule has 1 aliphatic heterocycles. The lowest BCUT2D eigenvalue weighted by Crippen LogP contribution is -2.46. The van der Waals surface area contributed by atoms with E-state index >= 15 is 0 Å². The maximum absolute atomic E-state index is 13.1. The van der Waals surface area contributed by atoms with Crippen LogP contribution in [0.15, 0.2) is 24.3 Å². The summed E-state index contributed by atoms with van der Waals surface area (Å²) in [6, 6.07) is 7.48. The Morgan fingerprint density at radius 1 is 1.27 bits per heavy atom. The summed E-state index contributed by atoms with van der Waals surface area (Å²) in [6.07, 6.45) is 4.98. The minimum absolute atomic E-state index is 0.0484. The molecule has 0 radical (unpaired) electrons. The summed E-state index contributed by atoms with van der Waals surface area (Å²) < 4.78 is 5.33. The summed E-state index contributed by atoms with van der Waals surface area (Å²) >= 11 is 6.14. The summed E-state index contributed by atoms with van der Waals surface area (Å²) in [5, 5.41) is 13.2. The number of carboxylic acid groups (broad SMARTS) is 1. The van der Waals surface area contributed by atoms with Gasteiger partial charge in [0.05, 0.1) is 11.3 Å². The van der Waals surface area contributed by atoms with Gasteiger partial charge in [0, 0.05) is 24.8 Å². The number of hydrogen-bond donors (Lipinski definition) is 2. The van der Waals surface area contributed by atoms with Gasteiger partial charge in [-0.25, -0.2) is 0 Å². The predicted molar refractivity (Wildman–Crippen MR) is 99.3 cm³/mol. The lowest BCUT2D eigenvalue weighted by Gasteiger charge is -2.31. The zero-order valence-corrected chi connectivity index (χ0v) is 15.6. The van der Waals surface area contributed by atoms with E-state index in [0.717, 1.165) is 44.1 Å². The van der Waals surface area contributed by atoms with Crippen LogP contribution in [-0.2, 0) is 19.7 Å². The standard InChI is InChI=1S/C20H26ClNO4/c21-16-5-3-4-15(12-16)20(8-1-2-9-20)19(25)22-13-17(18(23)24)14-6-10-26-11-7-14/h3-5,12,14,17H,1-2,6-11,13H2,(H,22,25)(H,23,24). The third kappa shape index (κ3) is 4.04. The van der Waals surface area contributed by atoms with Crippen molar-refractivity contribution in [2.75, 3.05) is 19.8 Å². The van der Waals surface area contributed by atoms with E-state index in [-0.39, 0.29) is 18.4 Å². The average Bonchev–Trinajstić information content (AvgIpc) is 3.13. The number of carbonyl (C=O) groups excluding carboxylic acids is 1. The molecule has 1 saturated heterocycles. The molecule has 0 bridgehead atoms. The Morgan fingerprint density at radius 3 is 2.58 bits per heavy atom. The van der Waals surface area contributed by atoms with Crippen LogP contribution in [0.25, 0.3) is 0 Å². The number of rotatable bonds is 6. The molecule has 6 heteroatoms. The van der Waals surface area contributed by atoms with Crippen LogP contribution in [0.3, 0.4) is 0 Å². The second kappa shape index (κ2) is 8.40. The van der Waals surface area contributed by atoms with Crippen molar-refractivity contribution >= 4 is 23.5 Å². The third-order valence-corrected chi connectivity index (χ3v) is 6.14. The van der Waals surface area contributed by atoms with Crippen molar-refractivity contribution in [3.63, 3.8) is 0 Å². The summed E-state index contributed by atoms with van der Waals surface area (Å²) in [6.45, 7) is 1.35. The van der Waals surface area contributed by atoms with Crippen molar-refractivity contribution < 1.29 is 19.4 Å². The molecule has 1 atom stereocenters. The summed E-state index contributed by atoms with van der Waals surface area (Å²) in [7, 11) is 0. The van der Waals surface area contributed by atoms with E-state index in [9.17, 15) is 14.7 Å². The smallest absolute Gasteiger partial charge is 0.308 e. The first kappa shape index (κ1) is 19.2. The van der Waals surface area contributed by atoms with Crippen molar-refractivity contribution in [1.82, 2.24) is 5.32 Å². The maximum Gasteiger partial charge on any atom is 0.308 e. The Balaban J connectivity index is 1.72. The van der Waals surface area contributed by atoms with Gasteiger partial charge in [0.2, 0.25) is 5.91 Å². The monoisotopic (exact) mass is 379 g/mol. The number of benzene rings is 1. The number of amides is 1. The van der Waals surface area contributed by atoms with E-state index in [4.69, 9.17) is 16.3 Å². The number of carboxylic acids is 1. The quantitative estimate of drug-likeness (QED) is 0.794. The van der Waals surface area contributed by atoms with Crippen LogP contribution >= 0.6 is 11.6 Å². The number of nitrogens with one attached hydrogen (secondary N) is 1. The zero-order valence-electron chi connectivity index (χ0n) is 14.9. The van der Waals surface area contributed by atoms with Gasteiger partial charge < -0.3 is 15.2 Å². The van der Waals surface area contributed by atoms with Crippen molar-refractivity contribution in [2.45, 2.75) is 43.9 Å². The molecule has 142 valence electrons. The number of carbonyl (C=O) groups is 2. The fraction of sp³-hybridized carbons (Fsp3) is 0.600. The molecule has 0 aromatic heterocycles. The van der Waals surface area contributed by atoms with Crippen molar-refractivity contribution in [3.05, 3.63) is 34.9 Å². The molecule has 1 heterocycles. The Hall–Kier alpha value is -1.59. The van der Waals surface area contributed by atoms with Crippen LogP contribution in [-0.4, -0.2) is 36.7 Å². The lowest BCUT2D eigenvalue weighted by atomic mass is 9.77. The van der Waals surface area contributed by atoms with Crippen LogP contribution in [0, 0.1) is 11.8 Å². The molecule has 1 aromatic rings. The number of hydrogen-bond acceptors (Lipinski definition) is 3. The molecule has 1 saturated carbocycles. The predicted octanol–water partition coefficient (Wildman–Crippen LogP) is 3.40. The van der Waals surface area contributed by atoms with Gasteiger partial charge >= 0.3 is 5.97 Å². The van der Waals surface area contributed by atoms with Gasteiger partial charge in [0.25, 0.3) is 0 Å². The minimum atomic E-state index is -0.847. The zero-order chi connectivity index (χ0) is 18.6. The van der Waals surface area contributed by atoms with Gasteiger partial charge in [-0.3, -0.25) is 9.59 Å². The van der Waals surface area contributed by atoms with E-state index in [2.05, 4.69) is 5.32 Å². The summed E-state index contributed by atoms with van der Waals surface area (Å²) in [5.41, 5.74) is 0.335. The lowest BCUT2D eigenvalue weighted by molar-refractivity contribution is -0.145. The maximum atomic E-state index is 13.1. The highest BCUT2D eigenvalue weighted by Gasteiger charge is 2.43. The molecular weight excluding hydrogens is 354 g/mol. The molecule has 2 fully saturated rings. The van der Waals surface area contributed by atoms with E-state index in [1.54, 1.807) is 6.07 Å². The van der Waals surface area contributed by atoms with Gasteiger partial charge in [-0.1, -0.05) is 36.6 Å². The van der Waals surface area contributed by atoms with Crippen molar-refractivity contribution in [2.24, 2.45) is 11.8 Å². The van der Waals surface area contributed by atoms with Crippen LogP contribution in [0.1, 0.15) is 44.1 Å². The SMILES string of the molecule is O=C(O)C(CNC(=O)C1(c2cccc(Cl)c2)CCCC1)C1CCOCC1. The summed E-state index contributed by atoms with van der Waals surface area (Å²) in [5.74, 6) is -1.44. The van der Waals surface area contributed by atoms with Gasteiger partial charge in [0.1, 0.15) is 0 Å². The fourth-order valence-electron chi connectivity index (χ4n) is 4.36. The molecular formula is C20H26ClNO4. The van der Waals surface area contributed by atoms with Gasteiger partial charge in [0.15, 0.2) is 0 Å². The molecule has 1 aliphatic carbocycles. The van der Waals surface area contributed by atoms with E-state index < -0.39 is 17.3 Å². The Morgan fingerprint density at radius 2 is 1.96 bits per heavy atom. The van der Waals surface area contributed by atoms with Crippen LogP contribution < -0.4 is 5.32 Å². The molecule has 0 spiro atoms. The molecule has 2 aliphatic rings. The first-order valence-electron chi connectivity index (χ1n) is 9.38. The topological polar surface area (TPSA) is 75.6 Å². The first-order chi connectivity index (χ1) is 12.5. The van der Waals surface area contributed by atoms with E-state index in [1.807, 2.05) is 18.2 Å². The number of halogens is 1. The molecule has 5 nitrogen and oxygen atoms in total. The van der Waals surface area contributed by atoms with Gasteiger partial charge in [-0.15, -0.1) is 0 Å². The summed E-state index contributed by atoms with van der Waals surface area (Å²) in [4.78, 5) is 24.8. The Labute approximate surface area is 159 Å². The molecule has 2 N–H and O–H groups in total. The Kier molecular flexibility index (Phi) is 6.20. The first-order valence-corrected chi connectivity index (χ1v) is 9.75. The third-order valence-electron chi connectivity index (χ3n) is 5.90. The van der Waals surface area contributed by atoms with Crippen LogP contribution in [0.5, 0.6) is 0 Å². The van der Waals surface area contributed by atoms with Crippen LogP contribution in [0.4, 0.5) is 0 Å². The number of ether oxygens (including phenoxy) is 1. The molecule has 3 rings (SSSR count). The fourth-order valence-corrected chi connectivity index (χ4v) is 4.55. The Bertz CT molecular complexity index is 651. The second-order valence-corrected chi connectivity index (χ2v) is 7.84. The largest absolute Gasteiger partial charge is 0.481 e. The van der Waals surface area contributed by atoms with Crippen molar-refractivity contribution in [1.29, 1.82) is 0 Å². The van der Waals surface area contributed by atoms with Gasteiger partial charge in [-0.2, -0.15) is 0 Å².